The van der Waals surface area contributed by atoms with E-state index in [1.807, 2.05) is 31.5 Å². The van der Waals surface area contributed by atoms with E-state index in [2.05, 4.69) is 21.4 Å². The second-order valence-electron chi connectivity index (χ2n) is 7.70. The molecule has 6 nitrogen and oxygen atoms in total. The van der Waals surface area contributed by atoms with Crippen molar-refractivity contribution >= 4 is 22.5 Å². The van der Waals surface area contributed by atoms with Gasteiger partial charge in [0.2, 0.25) is 0 Å². The molecule has 0 unspecified atom stereocenters. The maximum atomic E-state index is 14.2. The molecule has 0 bridgehead atoms. The molecule has 0 saturated carbocycles. The zero-order valence-corrected chi connectivity index (χ0v) is 17.5. The van der Waals surface area contributed by atoms with Crippen molar-refractivity contribution in [1.82, 2.24) is 24.8 Å². The SMILES string of the molecule is CCN(C(=O)c1cc(F)ccc1-n1cc(C2=CCNCC2)c2ncncc21)C(C)C. The summed E-state index contributed by atoms with van der Waals surface area (Å²) in [4.78, 5) is 23.7. The average molecular weight is 407 g/mol. The summed E-state index contributed by atoms with van der Waals surface area (Å²) in [5, 5.41) is 3.32. The number of fused-ring (bicyclic) bond motifs is 1. The highest BCUT2D eigenvalue weighted by molar-refractivity contribution is 5.99. The topological polar surface area (TPSA) is 63.1 Å². The number of nitrogens with zero attached hydrogens (tertiary/aromatic N) is 4. The van der Waals surface area contributed by atoms with E-state index in [9.17, 15) is 9.18 Å². The van der Waals surface area contributed by atoms with Gasteiger partial charge in [0.25, 0.3) is 5.91 Å². The number of hydrogen-bond donors (Lipinski definition) is 1. The summed E-state index contributed by atoms with van der Waals surface area (Å²) in [6.07, 6.45) is 8.33. The molecule has 2 aromatic heterocycles. The Labute approximate surface area is 175 Å². The summed E-state index contributed by atoms with van der Waals surface area (Å²) in [5.74, 6) is -0.626. The van der Waals surface area contributed by atoms with Crippen molar-refractivity contribution in [2.45, 2.75) is 33.2 Å². The smallest absolute Gasteiger partial charge is 0.256 e. The van der Waals surface area contributed by atoms with Gasteiger partial charge in [0, 0.05) is 30.9 Å². The zero-order chi connectivity index (χ0) is 21.3. The van der Waals surface area contributed by atoms with E-state index >= 15 is 0 Å². The van der Waals surface area contributed by atoms with Crippen LogP contribution in [0.15, 0.2) is 43.0 Å². The Bertz CT molecular complexity index is 1120. The summed E-state index contributed by atoms with van der Waals surface area (Å²) in [6.45, 7) is 8.11. The highest BCUT2D eigenvalue weighted by atomic mass is 19.1. The first-order valence-corrected chi connectivity index (χ1v) is 10.3. The van der Waals surface area contributed by atoms with E-state index in [1.165, 1.54) is 24.0 Å². The molecule has 1 aromatic carbocycles. The Morgan fingerprint density at radius 1 is 1.37 bits per heavy atom. The highest BCUT2D eigenvalue weighted by Crippen LogP contribution is 2.31. The molecular formula is C23H26FN5O. The van der Waals surface area contributed by atoms with E-state index in [0.717, 1.165) is 36.1 Å². The molecule has 4 rings (SSSR count). The Morgan fingerprint density at radius 2 is 2.20 bits per heavy atom. The highest BCUT2D eigenvalue weighted by Gasteiger charge is 2.24. The van der Waals surface area contributed by atoms with Crippen molar-refractivity contribution in [3.05, 3.63) is 59.9 Å². The molecule has 3 aromatic rings. The first-order chi connectivity index (χ1) is 14.5. The van der Waals surface area contributed by atoms with Crippen LogP contribution < -0.4 is 5.32 Å². The van der Waals surface area contributed by atoms with Gasteiger partial charge in [-0.25, -0.2) is 14.4 Å². The molecule has 0 aliphatic carbocycles. The lowest BCUT2D eigenvalue weighted by atomic mass is 10.0. The van der Waals surface area contributed by atoms with Gasteiger partial charge in [0.15, 0.2) is 0 Å². The molecule has 156 valence electrons. The van der Waals surface area contributed by atoms with Crippen LogP contribution in [0.25, 0.3) is 22.3 Å². The van der Waals surface area contributed by atoms with Gasteiger partial charge in [-0.3, -0.25) is 4.79 Å². The summed E-state index contributed by atoms with van der Waals surface area (Å²) in [7, 11) is 0. The second kappa shape index (κ2) is 8.36. The predicted octanol–water partition coefficient (Wildman–Crippen LogP) is 3.81. The van der Waals surface area contributed by atoms with Crippen LogP contribution in [-0.2, 0) is 0 Å². The summed E-state index contributed by atoms with van der Waals surface area (Å²) < 4.78 is 16.1. The number of hydrogen-bond acceptors (Lipinski definition) is 4. The van der Waals surface area contributed by atoms with Crippen LogP contribution in [0, 0.1) is 5.82 Å². The lowest BCUT2D eigenvalue weighted by molar-refractivity contribution is 0.0716. The van der Waals surface area contributed by atoms with Crippen LogP contribution in [0.5, 0.6) is 0 Å². The van der Waals surface area contributed by atoms with Gasteiger partial charge in [0.1, 0.15) is 12.1 Å². The lowest BCUT2D eigenvalue weighted by Gasteiger charge is -2.26. The third-order valence-electron chi connectivity index (χ3n) is 5.55. The van der Waals surface area contributed by atoms with Crippen molar-refractivity contribution in [3.63, 3.8) is 0 Å². The van der Waals surface area contributed by atoms with E-state index in [0.29, 0.717) is 17.8 Å². The molecule has 7 heteroatoms. The van der Waals surface area contributed by atoms with Crippen LogP contribution in [0.3, 0.4) is 0 Å². The molecule has 0 spiro atoms. The maximum Gasteiger partial charge on any atom is 0.256 e. The van der Waals surface area contributed by atoms with E-state index in [-0.39, 0.29) is 11.9 Å². The quantitative estimate of drug-likeness (QED) is 0.699. The standard InChI is InChI=1S/C23H26FN5O/c1-4-28(15(2)3)23(30)18-11-17(24)5-6-20(18)29-13-19(16-7-9-25-10-8-16)22-21(29)12-26-14-27-22/h5-7,11-15,25H,4,8-10H2,1-3H3. The molecule has 0 fully saturated rings. The van der Waals surface area contributed by atoms with Crippen LogP contribution in [0.1, 0.15) is 43.1 Å². The second-order valence-corrected chi connectivity index (χ2v) is 7.70. The average Bonchev–Trinajstić information content (AvgIpc) is 3.14. The zero-order valence-electron chi connectivity index (χ0n) is 17.5. The van der Waals surface area contributed by atoms with Crippen LogP contribution >= 0.6 is 0 Å². The van der Waals surface area contributed by atoms with Crippen LogP contribution in [-0.4, -0.2) is 51.0 Å². The Hall–Kier alpha value is -3.06. The minimum absolute atomic E-state index is 0.0128. The van der Waals surface area contributed by atoms with Gasteiger partial charge in [0.05, 0.1) is 28.5 Å². The number of carbonyl (C=O) groups is 1. The van der Waals surface area contributed by atoms with Gasteiger partial charge in [-0.2, -0.15) is 0 Å². The Balaban J connectivity index is 1.91. The predicted molar refractivity (Wildman–Crippen MR) is 116 cm³/mol. The number of amides is 1. The van der Waals surface area contributed by atoms with Crippen molar-refractivity contribution in [2.24, 2.45) is 0 Å². The first kappa shape index (κ1) is 20.2. The molecule has 1 aliphatic rings. The van der Waals surface area contributed by atoms with Crippen molar-refractivity contribution in [1.29, 1.82) is 0 Å². The number of aromatic nitrogens is 3. The third-order valence-corrected chi connectivity index (χ3v) is 5.55. The van der Waals surface area contributed by atoms with Gasteiger partial charge >= 0.3 is 0 Å². The fourth-order valence-electron chi connectivity index (χ4n) is 4.05. The Morgan fingerprint density at radius 3 is 2.90 bits per heavy atom. The minimum atomic E-state index is -0.434. The molecule has 0 saturated heterocycles. The summed E-state index contributed by atoms with van der Waals surface area (Å²) >= 11 is 0. The summed E-state index contributed by atoms with van der Waals surface area (Å²) in [6, 6.07) is 4.38. The van der Waals surface area contributed by atoms with Gasteiger partial charge in [-0.05, 0) is 57.5 Å². The fraction of sp³-hybridized carbons (Fsp3) is 0.348. The first-order valence-electron chi connectivity index (χ1n) is 10.3. The molecular weight excluding hydrogens is 381 g/mol. The lowest BCUT2D eigenvalue weighted by Crippen LogP contribution is -2.37. The van der Waals surface area contributed by atoms with Crippen LogP contribution in [0.4, 0.5) is 4.39 Å². The fourth-order valence-corrected chi connectivity index (χ4v) is 4.05. The van der Waals surface area contributed by atoms with Crippen molar-refractivity contribution in [3.8, 4) is 5.69 Å². The van der Waals surface area contributed by atoms with Gasteiger partial charge in [-0.15, -0.1) is 0 Å². The molecule has 3 heterocycles. The number of rotatable bonds is 5. The minimum Gasteiger partial charge on any atom is -0.336 e. The van der Waals surface area contributed by atoms with Gasteiger partial charge in [-0.1, -0.05) is 6.08 Å². The molecule has 1 amide bonds. The van der Waals surface area contributed by atoms with Crippen molar-refractivity contribution in [2.75, 3.05) is 19.6 Å². The normalized spacial score (nSPS) is 14.2. The molecule has 1 aliphatic heterocycles. The molecule has 30 heavy (non-hydrogen) atoms. The maximum absolute atomic E-state index is 14.2. The molecule has 1 N–H and O–H groups in total. The summed E-state index contributed by atoms with van der Waals surface area (Å²) in [5.41, 5.74) is 4.81. The van der Waals surface area contributed by atoms with E-state index in [4.69, 9.17) is 0 Å². The van der Waals surface area contributed by atoms with Crippen molar-refractivity contribution < 1.29 is 9.18 Å². The molecule has 0 atom stereocenters. The van der Waals surface area contributed by atoms with Gasteiger partial charge < -0.3 is 14.8 Å². The van der Waals surface area contributed by atoms with E-state index < -0.39 is 5.82 Å². The number of carbonyl (C=O) groups excluding carboxylic acids is 1. The largest absolute Gasteiger partial charge is 0.336 e. The number of nitrogens with one attached hydrogen (secondary N) is 1. The number of halogens is 1. The van der Waals surface area contributed by atoms with Crippen LogP contribution in [0.2, 0.25) is 0 Å². The van der Waals surface area contributed by atoms with E-state index in [1.54, 1.807) is 17.2 Å². The Kier molecular flexibility index (Phi) is 5.63. The monoisotopic (exact) mass is 407 g/mol. The third kappa shape index (κ3) is 3.61. The molecule has 0 radical (unpaired) electrons. The number of benzene rings is 1.